The van der Waals surface area contributed by atoms with Gasteiger partial charge >= 0.3 is 0 Å². The van der Waals surface area contributed by atoms with Crippen molar-refractivity contribution in [2.75, 3.05) is 5.32 Å². The van der Waals surface area contributed by atoms with Gasteiger partial charge in [-0.05, 0) is 49.2 Å². The number of fused-ring (bicyclic) bond motifs is 2. The van der Waals surface area contributed by atoms with Crippen molar-refractivity contribution in [1.29, 1.82) is 0 Å². The van der Waals surface area contributed by atoms with Crippen LogP contribution in [0.25, 0.3) is 15.3 Å². The minimum atomic E-state index is -0.290. The number of benzene rings is 2. The van der Waals surface area contributed by atoms with E-state index in [9.17, 15) is 9.18 Å². The Morgan fingerprint density at radius 2 is 1.96 bits per heavy atom. The summed E-state index contributed by atoms with van der Waals surface area (Å²) in [7, 11) is 0. The molecule has 2 aromatic heterocycles. The molecule has 0 saturated carbocycles. The molecular formula is C21H17FN4OS. The number of hydrogen-bond donors (Lipinski definition) is 1. The van der Waals surface area contributed by atoms with Crippen molar-refractivity contribution in [2.45, 2.75) is 26.2 Å². The van der Waals surface area contributed by atoms with E-state index in [1.807, 2.05) is 26.0 Å². The van der Waals surface area contributed by atoms with Gasteiger partial charge in [0.2, 0.25) is 11.0 Å². The second-order valence-electron chi connectivity index (χ2n) is 7.08. The number of nitrogens with one attached hydrogen (secondary N) is 1. The molecule has 1 N–H and O–H groups in total. The third kappa shape index (κ3) is 2.70. The Morgan fingerprint density at radius 3 is 2.75 bits per heavy atom. The first-order valence-corrected chi connectivity index (χ1v) is 9.83. The molecule has 4 aromatic rings. The predicted molar refractivity (Wildman–Crippen MR) is 108 cm³/mol. The zero-order chi connectivity index (χ0) is 19.4. The molecule has 3 heterocycles. The standard InChI is InChI=1S/C21H17FN4OS/c1-11-3-8-16-17(9-11)28-21(23-16)26-20-19(12(2)25-26)15(10-18(27)24-20)13-4-6-14(22)7-5-13/h3-9,15H,10H2,1-2H3,(H,24,27)/t15-/m1/s1. The summed E-state index contributed by atoms with van der Waals surface area (Å²) in [5.74, 6) is 0.120. The zero-order valence-corrected chi connectivity index (χ0v) is 16.2. The number of carbonyl (C=O) groups is 1. The predicted octanol–water partition coefficient (Wildman–Crippen LogP) is 4.71. The van der Waals surface area contributed by atoms with E-state index < -0.39 is 0 Å². The van der Waals surface area contributed by atoms with Gasteiger partial charge in [0, 0.05) is 17.9 Å². The molecule has 0 spiro atoms. The van der Waals surface area contributed by atoms with Crippen LogP contribution in [0.15, 0.2) is 42.5 Å². The third-order valence-corrected chi connectivity index (χ3v) is 6.08. The normalized spacial score (nSPS) is 16.2. The molecule has 0 bridgehead atoms. The number of halogens is 1. The number of rotatable bonds is 2. The molecule has 0 aliphatic carbocycles. The van der Waals surface area contributed by atoms with Crippen LogP contribution < -0.4 is 5.32 Å². The molecule has 0 saturated heterocycles. The number of carbonyl (C=O) groups excluding carboxylic acids is 1. The first kappa shape index (κ1) is 17.1. The van der Waals surface area contributed by atoms with Crippen LogP contribution in [0.4, 0.5) is 10.2 Å². The van der Waals surface area contributed by atoms with Gasteiger partial charge in [-0.1, -0.05) is 29.5 Å². The summed E-state index contributed by atoms with van der Waals surface area (Å²) in [5, 5.41) is 8.37. The molecule has 1 aliphatic rings. The smallest absolute Gasteiger partial charge is 0.226 e. The van der Waals surface area contributed by atoms with Gasteiger partial charge in [0.1, 0.15) is 11.6 Å². The number of amides is 1. The van der Waals surface area contributed by atoms with Gasteiger partial charge in [0.15, 0.2) is 0 Å². The fourth-order valence-corrected chi connectivity index (χ4v) is 4.80. The van der Waals surface area contributed by atoms with Gasteiger partial charge in [-0.15, -0.1) is 0 Å². The van der Waals surface area contributed by atoms with Gasteiger partial charge < -0.3 is 5.32 Å². The Hall–Kier alpha value is -3.06. The minimum Gasteiger partial charge on any atom is -0.310 e. The van der Waals surface area contributed by atoms with Crippen molar-refractivity contribution in [3.8, 4) is 5.13 Å². The first-order chi connectivity index (χ1) is 13.5. The third-order valence-electron chi connectivity index (χ3n) is 5.09. The van der Waals surface area contributed by atoms with Crippen molar-refractivity contribution < 1.29 is 9.18 Å². The Bertz CT molecular complexity index is 1230. The molecule has 1 aliphatic heterocycles. The van der Waals surface area contributed by atoms with Crippen LogP contribution in [0.3, 0.4) is 0 Å². The van der Waals surface area contributed by atoms with Crippen LogP contribution in [0.2, 0.25) is 0 Å². The Labute approximate surface area is 164 Å². The Morgan fingerprint density at radius 1 is 1.18 bits per heavy atom. The number of hydrogen-bond acceptors (Lipinski definition) is 4. The fraction of sp³-hybridized carbons (Fsp3) is 0.190. The molecule has 2 aromatic carbocycles. The summed E-state index contributed by atoms with van der Waals surface area (Å²) in [6, 6.07) is 12.4. The summed E-state index contributed by atoms with van der Waals surface area (Å²) in [6.45, 7) is 3.98. The summed E-state index contributed by atoms with van der Waals surface area (Å²) in [4.78, 5) is 17.1. The van der Waals surface area contributed by atoms with E-state index in [0.29, 0.717) is 17.4 Å². The summed E-state index contributed by atoms with van der Waals surface area (Å²) in [6.07, 6.45) is 0.310. The van der Waals surface area contributed by atoms with E-state index in [-0.39, 0.29) is 17.6 Å². The van der Waals surface area contributed by atoms with Crippen LogP contribution >= 0.6 is 11.3 Å². The van der Waals surface area contributed by atoms with Crippen LogP contribution in [0.1, 0.15) is 34.7 Å². The second-order valence-corrected chi connectivity index (χ2v) is 8.09. The summed E-state index contributed by atoms with van der Waals surface area (Å²) >= 11 is 1.54. The summed E-state index contributed by atoms with van der Waals surface area (Å²) < 4.78 is 16.2. The molecule has 1 amide bonds. The van der Waals surface area contributed by atoms with Crippen molar-refractivity contribution in [3.63, 3.8) is 0 Å². The fourth-order valence-electron chi connectivity index (χ4n) is 3.78. The topological polar surface area (TPSA) is 59.8 Å². The van der Waals surface area contributed by atoms with Crippen molar-refractivity contribution in [1.82, 2.24) is 14.8 Å². The minimum absolute atomic E-state index is 0.0834. The lowest BCUT2D eigenvalue weighted by Gasteiger charge is -2.24. The van der Waals surface area contributed by atoms with Gasteiger partial charge in [-0.3, -0.25) is 4.79 Å². The highest BCUT2D eigenvalue weighted by Gasteiger charge is 2.33. The van der Waals surface area contributed by atoms with E-state index in [1.165, 1.54) is 29.0 Å². The largest absolute Gasteiger partial charge is 0.310 e. The summed E-state index contributed by atoms with van der Waals surface area (Å²) in [5.41, 5.74) is 4.78. The number of aromatic nitrogens is 3. The van der Waals surface area contributed by atoms with Crippen LogP contribution in [0.5, 0.6) is 0 Å². The quantitative estimate of drug-likeness (QED) is 0.537. The lowest BCUT2D eigenvalue weighted by atomic mass is 9.86. The monoisotopic (exact) mass is 392 g/mol. The van der Waals surface area contributed by atoms with E-state index in [4.69, 9.17) is 4.98 Å². The molecule has 0 unspecified atom stereocenters. The lowest BCUT2D eigenvalue weighted by molar-refractivity contribution is -0.116. The van der Waals surface area contributed by atoms with E-state index in [2.05, 4.69) is 16.5 Å². The highest BCUT2D eigenvalue weighted by atomic mass is 32.1. The maximum atomic E-state index is 13.4. The molecule has 5 nitrogen and oxygen atoms in total. The number of anilines is 1. The van der Waals surface area contributed by atoms with E-state index in [0.717, 1.165) is 27.0 Å². The average Bonchev–Trinajstić information content (AvgIpc) is 3.22. The molecule has 1 atom stereocenters. The molecular weight excluding hydrogens is 375 g/mol. The van der Waals surface area contributed by atoms with Crippen molar-refractivity contribution in [3.05, 3.63) is 70.7 Å². The second kappa shape index (κ2) is 6.24. The van der Waals surface area contributed by atoms with Crippen LogP contribution in [-0.4, -0.2) is 20.7 Å². The van der Waals surface area contributed by atoms with Gasteiger partial charge in [-0.2, -0.15) is 9.78 Å². The van der Waals surface area contributed by atoms with Crippen molar-refractivity contribution >= 4 is 33.3 Å². The molecule has 5 rings (SSSR count). The number of nitrogens with zero attached hydrogens (tertiary/aromatic N) is 3. The van der Waals surface area contributed by atoms with Crippen LogP contribution in [-0.2, 0) is 4.79 Å². The Kier molecular flexibility index (Phi) is 3.80. The molecule has 7 heteroatoms. The Balaban J connectivity index is 1.67. The molecule has 0 radical (unpaired) electrons. The molecule has 140 valence electrons. The molecule has 28 heavy (non-hydrogen) atoms. The SMILES string of the molecule is Cc1ccc2nc(-n3nc(C)c4c3NC(=O)C[C@@H]4c3ccc(F)cc3)sc2c1. The highest BCUT2D eigenvalue weighted by molar-refractivity contribution is 7.20. The van der Waals surface area contributed by atoms with Gasteiger partial charge in [0.05, 0.1) is 15.9 Å². The van der Waals surface area contributed by atoms with Gasteiger partial charge in [-0.25, -0.2) is 9.37 Å². The highest BCUT2D eigenvalue weighted by Crippen LogP contribution is 2.41. The van der Waals surface area contributed by atoms with Gasteiger partial charge in [0.25, 0.3) is 0 Å². The molecule has 0 fully saturated rings. The maximum absolute atomic E-state index is 13.4. The van der Waals surface area contributed by atoms with Crippen LogP contribution in [0, 0.1) is 19.7 Å². The first-order valence-electron chi connectivity index (χ1n) is 9.02. The average molecular weight is 392 g/mol. The van der Waals surface area contributed by atoms with E-state index >= 15 is 0 Å². The van der Waals surface area contributed by atoms with E-state index in [1.54, 1.807) is 16.8 Å². The zero-order valence-electron chi connectivity index (χ0n) is 15.4. The maximum Gasteiger partial charge on any atom is 0.226 e. The number of thiazole rings is 1. The number of aryl methyl sites for hydroxylation is 2. The lowest BCUT2D eigenvalue weighted by Crippen LogP contribution is -2.24. The van der Waals surface area contributed by atoms with Crippen molar-refractivity contribution in [2.24, 2.45) is 0 Å².